The largest absolute Gasteiger partial charge is 0.493 e. The molecule has 0 radical (unpaired) electrons. The van der Waals surface area contributed by atoms with Crippen LogP contribution in [0, 0.1) is 0 Å². The van der Waals surface area contributed by atoms with Gasteiger partial charge in [0.2, 0.25) is 5.91 Å². The molecule has 24 heavy (non-hydrogen) atoms. The minimum absolute atomic E-state index is 0.00462. The van der Waals surface area contributed by atoms with Gasteiger partial charge in [0, 0.05) is 42.2 Å². The van der Waals surface area contributed by atoms with Gasteiger partial charge >= 0.3 is 0 Å². The highest BCUT2D eigenvalue weighted by molar-refractivity contribution is 5.91. The summed E-state index contributed by atoms with van der Waals surface area (Å²) >= 11 is 0. The van der Waals surface area contributed by atoms with Gasteiger partial charge in [-0.15, -0.1) is 0 Å². The van der Waals surface area contributed by atoms with Crippen molar-refractivity contribution in [1.29, 1.82) is 0 Å². The molecule has 6 heteroatoms. The van der Waals surface area contributed by atoms with Gasteiger partial charge in [0.15, 0.2) is 11.5 Å². The topological polar surface area (TPSA) is 86.5 Å². The number of ether oxygens (including phenoxy) is 2. The monoisotopic (exact) mass is 329 g/mol. The summed E-state index contributed by atoms with van der Waals surface area (Å²) in [5.74, 6) is 1.09. The Bertz CT molecular complexity index is 660. The maximum absolute atomic E-state index is 11.9. The molecule has 1 aromatic carbocycles. The molecule has 1 unspecified atom stereocenters. The molecule has 0 aliphatic carbocycles. The molecule has 2 aromatic rings. The van der Waals surface area contributed by atoms with Crippen molar-refractivity contribution in [3.05, 3.63) is 48.3 Å². The van der Waals surface area contributed by atoms with Crippen LogP contribution in [0.25, 0.3) is 0 Å². The Kier molecular flexibility index (Phi) is 6.57. The van der Waals surface area contributed by atoms with Crippen LogP contribution in [0.15, 0.2) is 42.7 Å². The molecule has 128 valence electrons. The van der Waals surface area contributed by atoms with Gasteiger partial charge in [-0.25, -0.2) is 0 Å². The van der Waals surface area contributed by atoms with Gasteiger partial charge in [-0.2, -0.15) is 0 Å². The van der Waals surface area contributed by atoms with Crippen molar-refractivity contribution in [3.63, 3.8) is 0 Å². The molecule has 0 saturated carbocycles. The van der Waals surface area contributed by atoms with E-state index in [2.05, 4.69) is 10.3 Å². The number of hydrogen-bond acceptors (Lipinski definition) is 5. The van der Waals surface area contributed by atoms with Crippen LogP contribution in [-0.2, 0) is 11.4 Å². The molecule has 0 aliphatic rings. The van der Waals surface area contributed by atoms with Gasteiger partial charge in [-0.05, 0) is 31.5 Å². The summed E-state index contributed by atoms with van der Waals surface area (Å²) in [6, 6.07) is 9.08. The third-order valence-electron chi connectivity index (χ3n) is 3.39. The molecule has 0 fully saturated rings. The summed E-state index contributed by atoms with van der Waals surface area (Å²) in [5, 5.41) is 2.84. The minimum Gasteiger partial charge on any atom is -0.493 e. The van der Waals surface area contributed by atoms with E-state index in [1.54, 1.807) is 37.7 Å². The smallest absolute Gasteiger partial charge is 0.224 e. The van der Waals surface area contributed by atoms with Crippen molar-refractivity contribution in [2.24, 2.45) is 5.73 Å². The van der Waals surface area contributed by atoms with E-state index in [4.69, 9.17) is 15.2 Å². The third-order valence-corrected chi connectivity index (χ3v) is 3.39. The maximum Gasteiger partial charge on any atom is 0.224 e. The van der Waals surface area contributed by atoms with Crippen LogP contribution in [0.3, 0.4) is 0 Å². The number of anilines is 1. The highest BCUT2D eigenvalue weighted by Crippen LogP contribution is 2.31. The molecule has 0 saturated heterocycles. The van der Waals surface area contributed by atoms with Gasteiger partial charge in [0.1, 0.15) is 6.61 Å². The van der Waals surface area contributed by atoms with Crippen molar-refractivity contribution >= 4 is 11.6 Å². The van der Waals surface area contributed by atoms with E-state index in [0.29, 0.717) is 36.6 Å². The second kappa shape index (κ2) is 8.88. The number of amides is 1. The SMILES string of the molecule is COc1ccc(NC(=O)CCC(C)N)cc1OCc1cccnc1. The van der Waals surface area contributed by atoms with Crippen LogP contribution in [0.2, 0.25) is 0 Å². The molecule has 0 aliphatic heterocycles. The van der Waals surface area contributed by atoms with Gasteiger partial charge in [-0.1, -0.05) is 6.07 Å². The summed E-state index contributed by atoms with van der Waals surface area (Å²) in [7, 11) is 1.58. The molecule has 0 spiro atoms. The van der Waals surface area contributed by atoms with E-state index in [1.165, 1.54) is 0 Å². The standard InChI is InChI=1S/C18H23N3O3/c1-13(19)5-8-18(22)21-15-6-7-16(23-2)17(10-15)24-12-14-4-3-9-20-11-14/h3-4,6-7,9-11,13H,5,8,12,19H2,1-2H3,(H,21,22). The fourth-order valence-corrected chi connectivity index (χ4v) is 2.09. The molecule has 2 rings (SSSR count). The fraction of sp³-hybridized carbons (Fsp3) is 0.333. The number of nitrogens with zero attached hydrogens (tertiary/aromatic N) is 1. The molecule has 1 amide bonds. The van der Waals surface area contributed by atoms with Crippen LogP contribution in [0.1, 0.15) is 25.3 Å². The first-order valence-electron chi connectivity index (χ1n) is 7.83. The maximum atomic E-state index is 11.9. The minimum atomic E-state index is -0.0734. The lowest BCUT2D eigenvalue weighted by atomic mass is 10.2. The van der Waals surface area contributed by atoms with Crippen LogP contribution in [0.4, 0.5) is 5.69 Å². The van der Waals surface area contributed by atoms with Crippen molar-refractivity contribution in [2.45, 2.75) is 32.4 Å². The van der Waals surface area contributed by atoms with Crippen molar-refractivity contribution < 1.29 is 14.3 Å². The zero-order chi connectivity index (χ0) is 17.4. The molecule has 6 nitrogen and oxygen atoms in total. The quantitative estimate of drug-likeness (QED) is 0.777. The van der Waals surface area contributed by atoms with Crippen LogP contribution in [-0.4, -0.2) is 24.0 Å². The number of pyridine rings is 1. The van der Waals surface area contributed by atoms with Crippen molar-refractivity contribution in [1.82, 2.24) is 4.98 Å². The van der Waals surface area contributed by atoms with Gasteiger partial charge < -0.3 is 20.5 Å². The van der Waals surface area contributed by atoms with Gasteiger partial charge in [0.05, 0.1) is 7.11 Å². The van der Waals surface area contributed by atoms with Crippen LogP contribution >= 0.6 is 0 Å². The molecule has 3 N–H and O–H groups in total. The average molecular weight is 329 g/mol. The molecular weight excluding hydrogens is 306 g/mol. The van der Waals surface area contributed by atoms with E-state index < -0.39 is 0 Å². The second-order valence-electron chi connectivity index (χ2n) is 5.58. The zero-order valence-corrected chi connectivity index (χ0v) is 14.0. The van der Waals surface area contributed by atoms with Crippen molar-refractivity contribution in [2.75, 3.05) is 12.4 Å². The summed E-state index contributed by atoms with van der Waals surface area (Å²) in [6.07, 6.45) is 4.48. The Morgan fingerprint density at radius 2 is 2.17 bits per heavy atom. The molecule has 1 aromatic heterocycles. The number of aromatic nitrogens is 1. The first kappa shape index (κ1) is 17.7. The number of hydrogen-bond donors (Lipinski definition) is 2. The predicted molar refractivity (Wildman–Crippen MR) is 93.1 cm³/mol. The molecule has 0 bridgehead atoms. The molecular formula is C18H23N3O3. The second-order valence-corrected chi connectivity index (χ2v) is 5.58. The summed E-state index contributed by atoms with van der Waals surface area (Å²) in [5.41, 5.74) is 7.28. The van der Waals surface area contributed by atoms with E-state index >= 15 is 0 Å². The first-order valence-corrected chi connectivity index (χ1v) is 7.83. The summed E-state index contributed by atoms with van der Waals surface area (Å²) in [4.78, 5) is 16.0. The summed E-state index contributed by atoms with van der Waals surface area (Å²) < 4.78 is 11.1. The number of rotatable bonds is 8. The number of methoxy groups -OCH3 is 1. The van der Waals surface area contributed by atoms with Gasteiger partial charge in [-0.3, -0.25) is 9.78 Å². The van der Waals surface area contributed by atoms with Crippen molar-refractivity contribution in [3.8, 4) is 11.5 Å². The van der Waals surface area contributed by atoms with Gasteiger partial charge in [0.25, 0.3) is 0 Å². The lowest BCUT2D eigenvalue weighted by Crippen LogP contribution is -2.19. The van der Waals surface area contributed by atoms with Crippen LogP contribution in [0.5, 0.6) is 11.5 Å². The number of nitrogens with one attached hydrogen (secondary N) is 1. The number of nitrogens with two attached hydrogens (primary N) is 1. The number of carbonyl (C=O) groups is 1. The van der Waals surface area contributed by atoms with E-state index in [1.807, 2.05) is 19.1 Å². The first-order chi connectivity index (χ1) is 11.6. The Labute approximate surface area is 142 Å². The number of carbonyl (C=O) groups excluding carboxylic acids is 1. The molecule has 1 atom stereocenters. The Morgan fingerprint density at radius 3 is 2.83 bits per heavy atom. The zero-order valence-electron chi connectivity index (χ0n) is 14.0. The lowest BCUT2D eigenvalue weighted by Gasteiger charge is -2.13. The van der Waals surface area contributed by atoms with E-state index in [-0.39, 0.29) is 11.9 Å². The van der Waals surface area contributed by atoms with Crippen LogP contribution < -0.4 is 20.5 Å². The lowest BCUT2D eigenvalue weighted by molar-refractivity contribution is -0.116. The third kappa shape index (κ3) is 5.55. The highest BCUT2D eigenvalue weighted by atomic mass is 16.5. The highest BCUT2D eigenvalue weighted by Gasteiger charge is 2.09. The Hall–Kier alpha value is -2.60. The Balaban J connectivity index is 2.02. The summed E-state index contributed by atoms with van der Waals surface area (Å²) in [6.45, 7) is 2.25. The van der Waals surface area contributed by atoms with E-state index in [9.17, 15) is 4.79 Å². The average Bonchev–Trinajstić information content (AvgIpc) is 2.59. The predicted octanol–water partition coefficient (Wildman–Crippen LogP) is 2.74. The molecule has 1 heterocycles. The fourth-order valence-electron chi connectivity index (χ4n) is 2.09. The Morgan fingerprint density at radius 1 is 1.33 bits per heavy atom. The van der Waals surface area contributed by atoms with E-state index in [0.717, 1.165) is 5.56 Å². The number of benzene rings is 1. The normalized spacial score (nSPS) is 11.6.